The van der Waals surface area contributed by atoms with E-state index in [-0.39, 0.29) is 35.6 Å². The second kappa shape index (κ2) is 13.7. The highest BCUT2D eigenvalue weighted by atomic mass is 19.1. The van der Waals surface area contributed by atoms with Crippen molar-refractivity contribution in [2.24, 2.45) is 29.4 Å². The number of carbonyl (C=O) groups is 3. The molecule has 51 heavy (non-hydrogen) atoms. The Balaban J connectivity index is 1.32. The summed E-state index contributed by atoms with van der Waals surface area (Å²) < 4.78 is 29.7. The molecule has 270 valence electrons. The van der Waals surface area contributed by atoms with Crippen LogP contribution < -0.4 is 21.9 Å². The number of nitrogens with two attached hydrogens (primary N) is 2. The van der Waals surface area contributed by atoms with Crippen LogP contribution in [0.1, 0.15) is 67.8 Å². The number of hydrogen-bond donors (Lipinski definition) is 2. The Morgan fingerprint density at radius 2 is 1.78 bits per heavy atom. The fraction of sp³-hybridized carbons (Fsp3) is 0.432. The molecule has 0 bridgehead atoms. The lowest BCUT2D eigenvalue weighted by molar-refractivity contribution is -0.142. The molecule has 2 aliphatic heterocycles. The van der Waals surface area contributed by atoms with Crippen LogP contribution in [-0.4, -0.2) is 63.1 Å². The summed E-state index contributed by atoms with van der Waals surface area (Å²) in [5.74, 6) is -1.64. The van der Waals surface area contributed by atoms with Crippen LogP contribution in [0.25, 0.3) is 11.1 Å². The average molecular weight is 702 g/mol. The fourth-order valence-corrected chi connectivity index (χ4v) is 6.86. The molecule has 1 aromatic carbocycles. The first-order valence-corrected chi connectivity index (χ1v) is 17.1. The van der Waals surface area contributed by atoms with Gasteiger partial charge < -0.3 is 39.9 Å². The van der Waals surface area contributed by atoms with Crippen molar-refractivity contribution in [2.45, 2.75) is 72.1 Å². The zero-order valence-corrected chi connectivity index (χ0v) is 29.6. The van der Waals surface area contributed by atoms with Gasteiger partial charge in [0, 0.05) is 74.8 Å². The molecule has 0 radical (unpaired) electrons. The summed E-state index contributed by atoms with van der Waals surface area (Å²) >= 11 is 0. The molecule has 1 aliphatic carbocycles. The highest BCUT2D eigenvalue weighted by molar-refractivity contribution is 6.07. The minimum absolute atomic E-state index is 0.0396. The lowest BCUT2D eigenvalue weighted by Gasteiger charge is -2.39. The SMILES string of the molecule is CC(=O)OCc1c(-c2cc(N=C(N)/C=C(\N)C3CN(C(=O)OC(C)(C)C)C3)c(=O)n(C)c2)cc(F)cc1N1CCn2c(cc3c2CCCC3)C1=O. The van der Waals surface area contributed by atoms with Gasteiger partial charge >= 0.3 is 12.1 Å². The molecule has 3 aromatic rings. The van der Waals surface area contributed by atoms with Crippen LogP contribution in [0.3, 0.4) is 0 Å². The van der Waals surface area contributed by atoms with Gasteiger partial charge in [-0.25, -0.2) is 14.2 Å². The van der Waals surface area contributed by atoms with Gasteiger partial charge in [0.2, 0.25) is 0 Å². The molecule has 4 N–H and O–H groups in total. The van der Waals surface area contributed by atoms with Crippen molar-refractivity contribution in [1.82, 2.24) is 14.0 Å². The van der Waals surface area contributed by atoms with Crippen LogP contribution >= 0.6 is 0 Å². The van der Waals surface area contributed by atoms with E-state index in [1.165, 1.54) is 70.1 Å². The minimum atomic E-state index is -0.618. The number of aryl methyl sites for hydroxylation is 2. The van der Waals surface area contributed by atoms with Crippen LogP contribution in [-0.2, 0) is 47.3 Å². The van der Waals surface area contributed by atoms with E-state index >= 15 is 4.39 Å². The summed E-state index contributed by atoms with van der Waals surface area (Å²) in [5.41, 5.74) is 16.1. The van der Waals surface area contributed by atoms with E-state index in [0.717, 1.165) is 25.7 Å². The third kappa shape index (κ3) is 7.40. The van der Waals surface area contributed by atoms with E-state index in [1.807, 2.05) is 6.07 Å². The van der Waals surface area contributed by atoms with Gasteiger partial charge in [-0.2, -0.15) is 0 Å². The van der Waals surface area contributed by atoms with Crippen molar-refractivity contribution < 1.29 is 28.2 Å². The summed E-state index contributed by atoms with van der Waals surface area (Å²) in [7, 11) is 1.53. The maximum Gasteiger partial charge on any atom is 0.410 e. The summed E-state index contributed by atoms with van der Waals surface area (Å²) in [6.07, 6.45) is 6.53. The van der Waals surface area contributed by atoms with Crippen molar-refractivity contribution in [2.75, 3.05) is 24.5 Å². The molecule has 14 heteroatoms. The number of carbonyl (C=O) groups excluding carboxylic acids is 3. The number of esters is 1. The second-order valence-electron chi connectivity index (χ2n) is 14.3. The van der Waals surface area contributed by atoms with E-state index in [9.17, 15) is 19.2 Å². The molecule has 0 saturated carbocycles. The van der Waals surface area contributed by atoms with Crippen molar-refractivity contribution in [3.05, 3.63) is 80.9 Å². The Kier molecular flexibility index (Phi) is 9.53. The molecule has 3 aliphatic rings. The number of anilines is 1. The first-order chi connectivity index (χ1) is 24.1. The summed E-state index contributed by atoms with van der Waals surface area (Å²) in [6.45, 7) is 7.94. The van der Waals surface area contributed by atoms with Gasteiger partial charge in [0.15, 0.2) is 0 Å². The molecule has 0 spiro atoms. The van der Waals surface area contributed by atoms with Gasteiger partial charge in [-0.1, -0.05) is 0 Å². The zero-order valence-electron chi connectivity index (χ0n) is 29.6. The molecular weight excluding hydrogens is 657 g/mol. The predicted octanol–water partition coefficient (Wildman–Crippen LogP) is 4.29. The second-order valence-corrected chi connectivity index (χ2v) is 14.3. The Morgan fingerprint density at radius 1 is 1.06 bits per heavy atom. The summed E-state index contributed by atoms with van der Waals surface area (Å²) in [5, 5.41) is 0. The number of hydrogen-bond acceptors (Lipinski definition) is 8. The summed E-state index contributed by atoms with van der Waals surface area (Å²) in [4.78, 5) is 58.9. The highest BCUT2D eigenvalue weighted by Crippen LogP contribution is 2.37. The Hall–Kier alpha value is -5.40. The minimum Gasteiger partial charge on any atom is -0.461 e. The van der Waals surface area contributed by atoms with Gasteiger partial charge in [-0.15, -0.1) is 0 Å². The van der Waals surface area contributed by atoms with E-state index in [4.69, 9.17) is 20.9 Å². The van der Waals surface area contributed by atoms with E-state index in [0.29, 0.717) is 54.3 Å². The molecule has 6 rings (SSSR count). The van der Waals surface area contributed by atoms with Gasteiger partial charge in [0.05, 0.1) is 5.69 Å². The van der Waals surface area contributed by atoms with Gasteiger partial charge in [0.25, 0.3) is 11.5 Å². The molecule has 1 saturated heterocycles. The number of rotatable bonds is 7. The third-order valence-corrected chi connectivity index (χ3v) is 9.37. The van der Waals surface area contributed by atoms with Crippen molar-refractivity contribution in [3.8, 4) is 11.1 Å². The van der Waals surface area contributed by atoms with Crippen LogP contribution in [0.2, 0.25) is 0 Å². The average Bonchev–Trinajstić information content (AvgIpc) is 3.40. The molecule has 1 fully saturated rings. The number of halogens is 1. The molecule has 4 heterocycles. The number of pyridine rings is 1. The Morgan fingerprint density at radius 3 is 2.49 bits per heavy atom. The van der Waals surface area contributed by atoms with Crippen molar-refractivity contribution >= 4 is 35.2 Å². The number of nitrogens with zero attached hydrogens (tertiary/aromatic N) is 5. The first kappa shape index (κ1) is 35.4. The number of amides is 2. The molecule has 2 aromatic heterocycles. The van der Waals surface area contributed by atoms with Gasteiger partial charge in [-0.3, -0.25) is 14.4 Å². The van der Waals surface area contributed by atoms with Crippen molar-refractivity contribution in [1.29, 1.82) is 0 Å². The molecule has 0 unspecified atom stereocenters. The predicted molar refractivity (Wildman–Crippen MR) is 190 cm³/mol. The lowest BCUT2D eigenvalue weighted by atomic mass is 9.96. The van der Waals surface area contributed by atoms with E-state index in [1.54, 1.807) is 20.8 Å². The molecular formula is C37H44FN7O6. The Labute approximate surface area is 295 Å². The number of likely N-dealkylation sites (tertiary alicyclic amines) is 1. The lowest BCUT2D eigenvalue weighted by Crippen LogP contribution is -2.53. The van der Waals surface area contributed by atoms with Crippen LogP contribution in [0.15, 0.2) is 52.0 Å². The number of amidine groups is 1. The standard InChI is InChI=1S/C37H44FN7O6/c1-21(46)50-20-27-26(14-25(38)15-31(27)45-11-10-44-30-9-7-6-8-22(30)13-32(44)35(45)48)23-12-29(34(47)42(5)17-23)41-33(40)16-28(39)24-18-43(19-24)36(49)51-37(2,3)4/h12-17,24H,6-11,18-20,39H2,1-5H3,(H2,40,41)/b28-16-. The van der Waals surface area contributed by atoms with Crippen LogP contribution in [0.4, 0.5) is 20.6 Å². The number of ether oxygens (including phenoxy) is 2. The van der Waals surface area contributed by atoms with Gasteiger partial charge in [-0.05, 0) is 87.9 Å². The quantitative estimate of drug-likeness (QED) is 0.209. The molecule has 2 amide bonds. The first-order valence-electron chi connectivity index (χ1n) is 17.1. The van der Waals surface area contributed by atoms with Crippen LogP contribution in [0, 0.1) is 11.7 Å². The summed E-state index contributed by atoms with van der Waals surface area (Å²) in [6, 6.07) is 5.97. The number of aromatic nitrogens is 2. The normalized spacial score (nSPS) is 16.8. The number of benzene rings is 1. The zero-order chi connectivity index (χ0) is 36.8. The highest BCUT2D eigenvalue weighted by Gasteiger charge is 2.35. The number of fused-ring (bicyclic) bond motifs is 3. The molecule has 13 nitrogen and oxygen atoms in total. The molecule has 0 atom stereocenters. The van der Waals surface area contributed by atoms with E-state index < -0.39 is 29.0 Å². The Bertz CT molecular complexity index is 2030. The monoisotopic (exact) mass is 701 g/mol. The maximum absolute atomic E-state index is 15.5. The van der Waals surface area contributed by atoms with Gasteiger partial charge in [0.1, 0.15) is 35.2 Å². The fourth-order valence-electron chi connectivity index (χ4n) is 6.86. The smallest absolute Gasteiger partial charge is 0.410 e. The van der Waals surface area contributed by atoms with E-state index in [2.05, 4.69) is 9.56 Å². The topological polar surface area (TPSA) is 167 Å². The van der Waals surface area contributed by atoms with Crippen molar-refractivity contribution in [3.63, 3.8) is 0 Å². The number of aliphatic imine (C=N–C) groups is 1. The van der Waals surface area contributed by atoms with Crippen LogP contribution in [0.5, 0.6) is 0 Å². The third-order valence-electron chi connectivity index (χ3n) is 9.37. The largest absolute Gasteiger partial charge is 0.461 e. The maximum atomic E-state index is 15.5.